The molecule has 0 bridgehead atoms. The number of nitrogens with one attached hydrogen (secondary N) is 1. The van der Waals surface area contributed by atoms with Gasteiger partial charge in [0.15, 0.2) is 11.0 Å². The molecule has 1 atom stereocenters. The number of thioether (sulfide) groups is 1. The van der Waals surface area contributed by atoms with Crippen LogP contribution in [0, 0.1) is 5.92 Å². The Balaban J connectivity index is 1.77. The fourth-order valence-corrected chi connectivity index (χ4v) is 3.88. The van der Waals surface area contributed by atoms with Crippen molar-refractivity contribution in [2.75, 3.05) is 33.1 Å². The fourth-order valence-electron chi connectivity index (χ4n) is 2.80. The van der Waals surface area contributed by atoms with E-state index in [1.807, 2.05) is 25.2 Å². The van der Waals surface area contributed by atoms with Crippen molar-refractivity contribution in [3.8, 4) is 11.4 Å². The summed E-state index contributed by atoms with van der Waals surface area (Å²) in [5, 5.41) is 12.8. The number of hydrogen-bond acceptors (Lipinski definition) is 6. The lowest BCUT2D eigenvalue weighted by Gasteiger charge is -2.12. The summed E-state index contributed by atoms with van der Waals surface area (Å²) in [5.74, 6) is 3.44. The molecule has 0 unspecified atom stereocenters. The van der Waals surface area contributed by atoms with E-state index in [2.05, 4.69) is 26.1 Å². The van der Waals surface area contributed by atoms with Crippen molar-refractivity contribution >= 4 is 11.8 Å². The van der Waals surface area contributed by atoms with Gasteiger partial charge in [-0.3, -0.25) is 4.57 Å². The molecule has 3 rings (SSSR count). The maximum atomic E-state index is 5.45. The summed E-state index contributed by atoms with van der Waals surface area (Å²) in [7, 11) is 3.59. The Morgan fingerprint density at radius 2 is 2.33 bits per heavy atom. The summed E-state index contributed by atoms with van der Waals surface area (Å²) in [6, 6.07) is 8.00. The first-order valence-corrected chi connectivity index (χ1v) is 9.24. The number of nitrogens with zero attached hydrogens (tertiary/aromatic N) is 3. The molecule has 7 heteroatoms. The van der Waals surface area contributed by atoms with Gasteiger partial charge in [-0.2, -0.15) is 0 Å². The highest BCUT2D eigenvalue weighted by atomic mass is 32.2. The first-order valence-electron chi connectivity index (χ1n) is 8.25. The predicted octanol–water partition coefficient (Wildman–Crippen LogP) is 2.51. The van der Waals surface area contributed by atoms with Crippen molar-refractivity contribution in [1.29, 1.82) is 0 Å². The molecule has 0 aliphatic carbocycles. The number of ether oxygens (including phenoxy) is 2. The highest BCUT2D eigenvalue weighted by Crippen LogP contribution is 2.27. The second-order valence-electron chi connectivity index (χ2n) is 5.83. The minimum absolute atomic E-state index is 0.668. The first-order chi connectivity index (χ1) is 11.8. The van der Waals surface area contributed by atoms with Crippen molar-refractivity contribution in [3.05, 3.63) is 30.1 Å². The summed E-state index contributed by atoms with van der Waals surface area (Å²) < 4.78 is 12.9. The Bertz CT molecular complexity index is 656. The van der Waals surface area contributed by atoms with E-state index in [9.17, 15) is 0 Å². The SMILES string of the molecule is CNCc1nnc(SCC[C@H]2CCOC2)n1-c1cccc(OC)c1. The van der Waals surface area contributed by atoms with E-state index in [4.69, 9.17) is 9.47 Å². The number of methoxy groups -OCH3 is 1. The van der Waals surface area contributed by atoms with Crippen LogP contribution in [0.4, 0.5) is 0 Å². The van der Waals surface area contributed by atoms with Crippen LogP contribution in [0.5, 0.6) is 5.75 Å². The molecule has 1 fully saturated rings. The van der Waals surface area contributed by atoms with Crippen molar-refractivity contribution in [2.24, 2.45) is 5.92 Å². The second-order valence-corrected chi connectivity index (χ2v) is 6.89. The van der Waals surface area contributed by atoms with Gasteiger partial charge in [-0.05, 0) is 37.9 Å². The van der Waals surface area contributed by atoms with Crippen LogP contribution in [-0.2, 0) is 11.3 Å². The second kappa shape index (κ2) is 8.50. The Morgan fingerprint density at radius 3 is 3.08 bits per heavy atom. The lowest BCUT2D eigenvalue weighted by atomic mass is 10.1. The number of hydrogen-bond donors (Lipinski definition) is 1. The minimum Gasteiger partial charge on any atom is -0.497 e. The predicted molar refractivity (Wildman–Crippen MR) is 94.9 cm³/mol. The number of aromatic nitrogens is 3. The zero-order valence-electron chi connectivity index (χ0n) is 14.2. The van der Waals surface area contributed by atoms with Gasteiger partial charge in [0.25, 0.3) is 0 Å². The van der Waals surface area contributed by atoms with E-state index in [1.54, 1.807) is 18.9 Å². The standard InChI is InChI=1S/C17H24N4O2S/c1-18-11-16-19-20-17(24-9-7-13-6-8-23-12-13)21(16)14-4-3-5-15(10-14)22-2/h3-5,10,13,18H,6-9,11-12H2,1-2H3/t13-/m1/s1. The van der Waals surface area contributed by atoms with Crippen LogP contribution in [0.25, 0.3) is 5.69 Å². The largest absolute Gasteiger partial charge is 0.497 e. The summed E-state index contributed by atoms with van der Waals surface area (Å²) >= 11 is 1.75. The van der Waals surface area contributed by atoms with Gasteiger partial charge >= 0.3 is 0 Å². The summed E-state index contributed by atoms with van der Waals surface area (Å²) in [5.41, 5.74) is 1.02. The molecule has 130 valence electrons. The molecular weight excluding hydrogens is 324 g/mol. The normalized spacial score (nSPS) is 17.3. The van der Waals surface area contributed by atoms with Crippen LogP contribution >= 0.6 is 11.8 Å². The topological polar surface area (TPSA) is 61.2 Å². The van der Waals surface area contributed by atoms with Crippen LogP contribution < -0.4 is 10.1 Å². The molecule has 1 saturated heterocycles. The molecule has 0 spiro atoms. The van der Waals surface area contributed by atoms with E-state index in [0.29, 0.717) is 12.5 Å². The third-order valence-electron chi connectivity index (χ3n) is 4.13. The average molecular weight is 348 g/mol. The van der Waals surface area contributed by atoms with Crippen LogP contribution in [0.3, 0.4) is 0 Å². The lowest BCUT2D eigenvalue weighted by Crippen LogP contribution is -2.12. The van der Waals surface area contributed by atoms with Gasteiger partial charge in [0.05, 0.1) is 19.3 Å². The van der Waals surface area contributed by atoms with E-state index >= 15 is 0 Å². The Kier molecular flexibility index (Phi) is 6.12. The molecule has 24 heavy (non-hydrogen) atoms. The van der Waals surface area contributed by atoms with Crippen molar-refractivity contribution < 1.29 is 9.47 Å². The molecule has 0 amide bonds. The molecule has 6 nitrogen and oxygen atoms in total. The monoisotopic (exact) mass is 348 g/mol. The van der Waals surface area contributed by atoms with Gasteiger partial charge in [0.1, 0.15) is 5.75 Å². The molecule has 1 aromatic carbocycles. The van der Waals surface area contributed by atoms with Gasteiger partial charge in [0.2, 0.25) is 0 Å². The zero-order chi connectivity index (χ0) is 16.8. The Morgan fingerprint density at radius 1 is 1.42 bits per heavy atom. The van der Waals surface area contributed by atoms with E-state index in [-0.39, 0.29) is 0 Å². The highest BCUT2D eigenvalue weighted by molar-refractivity contribution is 7.99. The molecule has 0 saturated carbocycles. The molecule has 1 aliphatic heterocycles. The number of rotatable bonds is 8. The molecular formula is C17H24N4O2S. The third kappa shape index (κ3) is 4.09. The summed E-state index contributed by atoms with van der Waals surface area (Å²) in [6.07, 6.45) is 2.32. The molecule has 1 aromatic heterocycles. The molecule has 1 aliphatic rings. The molecule has 2 heterocycles. The summed E-state index contributed by atoms with van der Waals surface area (Å²) in [6.45, 7) is 2.47. The van der Waals surface area contributed by atoms with Gasteiger partial charge in [-0.1, -0.05) is 17.8 Å². The van der Waals surface area contributed by atoms with Crippen LogP contribution in [0.15, 0.2) is 29.4 Å². The Labute approximate surface area is 146 Å². The molecule has 1 N–H and O–H groups in total. The van der Waals surface area contributed by atoms with Crippen molar-refractivity contribution in [3.63, 3.8) is 0 Å². The minimum atomic E-state index is 0.668. The molecule has 0 radical (unpaired) electrons. The average Bonchev–Trinajstić information content (AvgIpc) is 3.26. The van der Waals surface area contributed by atoms with E-state index < -0.39 is 0 Å². The van der Waals surface area contributed by atoms with Gasteiger partial charge < -0.3 is 14.8 Å². The smallest absolute Gasteiger partial charge is 0.195 e. The van der Waals surface area contributed by atoms with E-state index in [0.717, 1.165) is 47.8 Å². The van der Waals surface area contributed by atoms with Crippen LogP contribution in [0.2, 0.25) is 0 Å². The van der Waals surface area contributed by atoms with E-state index in [1.165, 1.54) is 6.42 Å². The number of benzene rings is 1. The summed E-state index contributed by atoms with van der Waals surface area (Å²) in [4.78, 5) is 0. The van der Waals surface area contributed by atoms with Crippen LogP contribution in [0.1, 0.15) is 18.7 Å². The van der Waals surface area contributed by atoms with Crippen molar-refractivity contribution in [2.45, 2.75) is 24.5 Å². The molecule has 2 aromatic rings. The van der Waals surface area contributed by atoms with Gasteiger partial charge in [-0.25, -0.2) is 0 Å². The van der Waals surface area contributed by atoms with Gasteiger partial charge in [-0.15, -0.1) is 10.2 Å². The fraction of sp³-hybridized carbons (Fsp3) is 0.529. The zero-order valence-corrected chi connectivity index (χ0v) is 15.0. The maximum Gasteiger partial charge on any atom is 0.195 e. The third-order valence-corrected chi connectivity index (χ3v) is 5.09. The quantitative estimate of drug-likeness (QED) is 0.740. The maximum absolute atomic E-state index is 5.45. The lowest BCUT2D eigenvalue weighted by molar-refractivity contribution is 0.185. The van der Waals surface area contributed by atoms with Crippen molar-refractivity contribution in [1.82, 2.24) is 20.1 Å². The Hall–Kier alpha value is -1.57. The highest BCUT2D eigenvalue weighted by Gasteiger charge is 2.18. The van der Waals surface area contributed by atoms with Gasteiger partial charge in [0, 0.05) is 25.0 Å². The first kappa shape index (κ1) is 17.3. The van der Waals surface area contributed by atoms with Crippen LogP contribution in [-0.4, -0.2) is 47.9 Å².